The number of hydrogen-bond acceptors (Lipinski definition) is 1. The van der Waals surface area contributed by atoms with Gasteiger partial charge in [-0.05, 0) is 0 Å². The second-order valence-corrected chi connectivity index (χ2v) is 3.04. The van der Waals surface area contributed by atoms with Crippen LogP contribution in [-0.2, 0) is 4.74 Å². The molecule has 0 atom stereocenters. The zero-order chi connectivity index (χ0) is 8.86. The number of ether oxygens (including phenoxy) is 1. The Labute approximate surface area is 68.5 Å². The zero-order valence-corrected chi connectivity index (χ0v) is 6.19. The second kappa shape index (κ2) is 2.17. The van der Waals surface area contributed by atoms with Crippen LogP contribution in [-0.4, -0.2) is 10.4 Å². The van der Waals surface area contributed by atoms with Gasteiger partial charge in [0.15, 0.2) is 0 Å². The fourth-order valence-electron chi connectivity index (χ4n) is 0.473. The van der Waals surface area contributed by atoms with Gasteiger partial charge in [0.2, 0.25) is 5.83 Å². The molecule has 0 saturated carbocycles. The fourth-order valence-corrected chi connectivity index (χ4v) is 0.774. The molecule has 0 N–H and O–H groups in total. The third kappa shape index (κ3) is 1.06. The molecule has 1 aliphatic rings. The fraction of sp³-hybridized carbons (Fsp3) is 0.500. The van der Waals surface area contributed by atoms with Crippen molar-refractivity contribution >= 4 is 23.2 Å². The van der Waals surface area contributed by atoms with Crippen molar-refractivity contribution in [1.82, 2.24) is 0 Å². The lowest BCUT2D eigenvalue weighted by atomic mass is 10.3. The second-order valence-electron chi connectivity index (χ2n) is 1.78. The molecule has 0 radical (unpaired) electrons. The van der Waals surface area contributed by atoms with Crippen molar-refractivity contribution in [2.45, 2.75) is 10.4 Å². The minimum Gasteiger partial charge on any atom is -0.425 e. The first-order valence-electron chi connectivity index (χ1n) is 2.29. The summed E-state index contributed by atoms with van der Waals surface area (Å²) in [5.74, 6) is -6.72. The third-order valence-corrected chi connectivity index (χ3v) is 1.66. The van der Waals surface area contributed by atoms with Crippen LogP contribution >= 0.6 is 23.2 Å². The van der Waals surface area contributed by atoms with Crippen molar-refractivity contribution in [3.05, 3.63) is 11.8 Å². The maximum Gasteiger partial charge on any atom is 0.372 e. The summed E-state index contributed by atoms with van der Waals surface area (Å²) in [5, 5.41) is 0. The Balaban J connectivity index is 3.08. The minimum absolute atomic E-state index is 2.08. The van der Waals surface area contributed by atoms with Crippen molar-refractivity contribution in [2.24, 2.45) is 0 Å². The van der Waals surface area contributed by atoms with Crippen molar-refractivity contribution in [1.29, 1.82) is 0 Å². The van der Waals surface area contributed by atoms with E-state index in [1.54, 1.807) is 0 Å². The molecule has 0 unspecified atom stereocenters. The lowest BCUT2D eigenvalue weighted by molar-refractivity contribution is -0.0579. The maximum atomic E-state index is 12.3. The van der Waals surface area contributed by atoms with Crippen molar-refractivity contribution < 1.29 is 22.3 Å². The molecule has 7 heteroatoms. The summed E-state index contributed by atoms with van der Waals surface area (Å²) in [6.07, 6.45) is 0. The number of halogens is 6. The normalized spacial score (nSPS) is 27.1. The summed E-state index contributed by atoms with van der Waals surface area (Å²) in [5.41, 5.74) is 0. The molecule has 1 heterocycles. The molecule has 0 spiro atoms. The molecule has 1 aliphatic heterocycles. The average Bonchev–Trinajstić information content (AvgIpc) is 1.93. The van der Waals surface area contributed by atoms with Gasteiger partial charge in [0.25, 0.3) is 0 Å². The van der Waals surface area contributed by atoms with Crippen LogP contribution in [0.1, 0.15) is 0 Å². The number of rotatable bonds is 0. The van der Waals surface area contributed by atoms with Gasteiger partial charge in [-0.1, -0.05) is 23.2 Å². The van der Waals surface area contributed by atoms with Gasteiger partial charge in [0, 0.05) is 0 Å². The van der Waals surface area contributed by atoms with Crippen molar-refractivity contribution in [2.75, 3.05) is 0 Å². The van der Waals surface area contributed by atoms with E-state index in [9.17, 15) is 17.6 Å². The van der Waals surface area contributed by atoms with Crippen LogP contribution in [0.5, 0.6) is 0 Å². The van der Waals surface area contributed by atoms with E-state index in [0.29, 0.717) is 0 Å². The van der Waals surface area contributed by atoms with Gasteiger partial charge in [-0.15, -0.1) is 0 Å². The summed E-state index contributed by atoms with van der Waals surface area (Å²) in [4.78, 5) is 0. The summed E-state index contributed by atoms with van der Waals surface area (Å²) < 4.78 is 48.9. The number of hydrogen-bond donors (Lipinski definition) is 0. The van der Waals surface area contributed by atoms with E-state index in [0.717, 1.165) is 0 Å². The first-order valence-corrected chi connectivity index (χ1v) is 3.05. The van der Waals surface area contributed by atoms with Crippen molar-refractivity contribution in [3.8, 4) is 0 Å². The third-order valence-electron chi connectivity index (χ3n) is 1.03. The molecule has 1 nitrogen and oxygen atoms in total. The van der Waals surface area contributed by atoms with Gasteiger partial charge in [-0.3, -0.25) is 0 Å². The summed E-state index contributed by atoms with van der Waals surface area (Å²) >= 11 is 9.44. The molecule has 0 bridgehead atoms. The Morgan fingerprint density at radius 1 is 1.18 bits per heavy atom. The maximum absolute atomic E-state index is 12.3. The minimum atomic E-state index is -4.33. The summed E-state index contributed by atoms with van der Waals surface area (Å²) in [6.45, 7) is 0. The van der Waals surface area contributed by atoms with Crippen LogP contribution in [0.25, 0.3) is 0 Å². The monoisotopic (exact) mass is 210 g/mol. The molecule has 0 aromatic heterocycles. The van der Waals surface area contributed by atoms with Crippen LogP contribution in [0.4, 0.5) is 17.6 Å². The molecule has 64 valence electrons. The molecule has 0 aliphatic carbocycles. The Bertz CT molecular complexity index is 224. The lowest BCUT2D eigenvalue weighted by Crippen LogP contribution is -2.35. The van der Waals surface area contributed by atoms with E-state index in [2.05, 4.69) is 4.74 Å². The molecular formula is C4Cl2F4O. The van der Waals surface area contributed by atoms with Gasteiger partial charge in [-0.2, -0.15) is 17.6 Å². The molecular weight excluding hydrogens is 211 g/mol. The van der Waals surface area contributed by atoms with E-state index in [1.807, 2.05) is 0 Å². The summed E-state index contributed by atoms with van der Waals surface area (Å²) in [7, 11) is 0. The number of alkyl halides is 4. The van der Waals surface area contributed by atoms with Gasteiger partial charge < -0.3 is 4.74 Å². The van der Waals surface area contributed by atoms with Gasteiger partial charge in [0.1, 0.15) is 0 Å². The van der Waals surface area contributed by atoms with E-state index < -0.39 is 22.3 Å². The highest BCUT2D eigenvalue weighted by molar-refractivity contribution is 6.48. The van der Waals surface area contributed by atoms with Crippen LogP contribution in [0.3, 0.4) is 0 Å². The van der Waals surface area contributed by atoms with Gasteiger partial charge in [-0.25, -0.2) is 0 Å². The Kier molecular flexibility index (Phi) is 1.76. The summed E-state index contributed by atoms with van der Waals surface area (Å²) in [6, 6.07) is -2.08. The molecule has 0 aromatic rings. The standard InChI is InChI=1S/C4Cl2F4O/c5-4(6)3(9,10)1(7)2(8)11-4. The highest BCUT2D eigenvalue weighted by atomic mass is 35.5. The first kappa shape index (κ1) is 8.93. The molecule has 11 heavy (non-hydrogen) atoms. The predicted octanol–water partition coefficient (Wildman–Crippen LogP) is 2.89. The zero-order valence-electron chi connectivity index (χ0n) is 4.68. The quantitative estimate of drug-likeness (QED) is 0.442. The van der Waals surface area contributed by atoms with Crippen LogP contribution in [0.15, 0.2) is 11.8 Å². The molecule has 0 saturated heterocycles. The van der Waals surface area contributed by atoms with E-state index in [-0.39, 0.29) is 0 Å². The Hall–Kier alpha value is -0.160. The van der Waals surface area contributed by atoms with E-state index in [4.69, 9.17) is 23.2 Å². The lowest BCUT2D eigenvalue weighted by Gasteiger charge is -2.18. The SMILES string of the molecule is FC1=C(F)C(F)(F)C(Cl)(Cl)O1. The molecule has 0 fully saturated rings. The topological polar surface area (TPSA) is 9.23 Å². The van der Waals surface area contributed by atoms with Crippen LogP contribution in [0, 0.1) is 0 Å². The van der Waals surface area contributed by atoms with E-state index >= 15 is 0 Å². The highest BCUT2D eigenvalue weighted by Crippen LogP contribution is 2.52. The largest absolute Gasteiger partial charge is 0.425 e. The Morgan fingerprint density at radius 2 is 1.64 bits per heavy atom. The first-order chi connectivity index (χ1) is 4.79. The smallest absolute Gasteiger partial charge is 0.372 e. The molecule has 1 rings (SSSR count). The highest BCUT2D eigenvalue weighted by Gasteiger charge is 2.65. The Morgan fingerprint density at radius 3 is 1.73 bits per heavy atom. The van der Waals surface area contributed by atoms with Crippen LogP contribution in [0.2, 0.25) is 0 Å². The molecule has 0 aromatic carbocycles. The van der Waals surface area contributed by atoms with Gasteiger partial charge in [0.05, 0.1) is 0 Å². The average molecular weight is 211 g/mol. The van der Waals surface area contributed by atoms with Crippen LogP contribution < -0.4 is 0 Å². The van der Waals surface area contributed by atoms with Crippen molar-refractivity contribution in [3.63, 3.8) is 0 Å². The molecule has 0 amide bonds. The van der Waals surface area contributed by atoms with Gasteiger partial charge >= 0.3 is 16.5 Å². The predicted molar refractivity (Wildman–Crippen MR) is 29.7 cm³/mol. The van der Waals surface area contributed by atoms with E-state index in [1.165, 1.54) is 0 Å².